The molecule has 4 heteroatoms. The fourth-order valence-corrected chi connectivity index (χ4v) is 2.82. The fourth-order valence-electron chi connectivity index (χ4n) is 2.82. The van der Waals surface area contributed by atoms with Gasteiger partial charge in [-0.3, -0.25) is 4.90 Å². The summed E-state index contributed by atoms with van der Waals surface area (Å²) in [7, 11) is 2.17. The molecule has 1 aliphatic rings. The molecule has 1 aliphatic heterocycles. The molecule has 2 heterocycles. The maximum absolute atomic E-state index is 5.88. The van der Waals surface area contributed by atoms with Gasteiger partial charge in [0.05, 0.1) is 0 Å². The Balaban J connectivity index is 1.89. The highest BCUT2D eigenvalue weighted by molar-refractivity contribution is 5.38. The maximum Gasteiger partial charge on any atom is 0.127 e. The molecular formula is C14H24N4. The van der Waals surface area contributed by atoms with Crippen molar-refractivity contribution in [1.29, 1.82) is 0 Å². The van der Waals surface area contributed by atoms with Crippen molar-refractivity contribution in [3.05, 3.63) is 23.9 Å². The van der Waals surface area contributed by atoms with Crippen molar-refractivity contribution in [1.82, 2.24) is 14.8 Å². The van der Waals surface area contributed by atoms with Crippen molar-refractivity contribution in [2.24, 2.45) is 0 Å². The monoisotopic (exact) mass is 248 g/mol. The molecule has 1 atom stereocenters. The van der Waals surface area contributed by atoms with E-state index in [2.05, 4.69) is 34.8 Å². The summed E-state index contributed by atoms with van der Waals surface area (Å²) < 4.78 is 0. The Morgan fingerprint density at radius 2 is 2.39 bits per heavy atom. The van der Waals surface area contributed by atoms with E-state index in [0.29, 0.717) is 11.9 Å². The quantitative estimate of drug-likeness (QED) is 0.859. The minimum atomic E-state index is 0.656. The van der Waals surface area contributed by atoms with Crippen molar-refractivity contribution >= 4 is 5.82 Å². The van der Waals surface area contributed by atoms with Gasteiger partial charge in [-0.15, -0.1) is 0 Å². The summed E-state index contributed by atoms with van der Waals surface area (Å²) in [5.74, 6) is 0.656. The van der Waals surface area contributed by atoms with Crippen LogP contribution in [0.25, 0.3) is 0 Å². The highest BCUT2D eigenvalue weighted by atomic mass is 15.2. The molecule has 0 aromatic carbocycles. The van der Waals surface area contributed by atoms with Crippen LogP contribution in [0.15, 0.2) is 18.3 Å². The summed E-state index contributed by atoms with van der Waals surface area (Å²) in [6, 6.07) is 4.72. The van der Waals surface area contributed by atoms with Crippen molar-refractivity contribution in [2.75, 3.05) is 32.4 Å². The number of likely N-dealkylation sites (N-methyl/N-ethyl adjacent to an activating group) is 2. The Kier molecular flexibility index (Phi) is 4.55. The van der Waals surface area contributed by atoms with Gasteiger partial charge in [0.15, 0.2) is 0 Å². The number of hydrogen-bond donors (Lipinski definition) is 1. The summed E-state index contributed by atoms with van der Waals surface area (Å²) in [4.78, 5) is 9.06. The van der Waals surface area contributed by atoms with Crippen molar-refractivity contribution in [3.63, 3.8) is 0 Å². The molecule has 0 saturated carbocycles. The predicted octanol–water partition coefficient (Wildman–Crippen LogP) is 1.58. The number of nitrogens with two attached hydrogens (primary N) is 1. The molecule has 1 unspecified atom stereocenters. The second kappa shape index (κ2) is 6.16. The van der Waals surface area contributed by atoms with E-state index in [0.717, 1.165) is 25.2 Å². The number of aromatic nitrogens is 1. The lowest BCUT2D eigenvalue weighted by Gasteiger charge is -2.27. The first-order valence-corrected chi connectivity index (χ1v) is 6.82. The van der Waals surface area contributed by atoms with Gasteiger partial charge in [-0.25, -0.2) is 4.98 Å². The lowest BCUT2D eigenvalue weighted by Crippen LogP contribution is -2.38. The lowest BCUT2D eigenvalue weighted by molar-refractivity contribution is 0.195. The molecule has 2 rings (SSSR count). The van der Waals surface area contributed by atoms with Gasteiger partial charge in [0.1, 0.15) is 5.82 Å². The number of nitrogen functional groups attached to an aromatic ring is 1. The average molecular weight is 248 g/mol. The van der Waals surface area contributed by atoms with Gasteiger partial charge in [-0.05, 0) is 39.0 Å². The van der Waals surface area contributed by atoms with Gasteiger partial charge < -0.3 is 10.6 Å². The zero-order valence-corrected chi connectivity index (χ0v) is 11.5. The van der Waals surface area contributed by atoms with E-state index in [-0.39, 0.29) is 0 Å². The topological polar surface area (TPSA) is 45.4 Å². The van der Waals surface area contributed by atoms with Gasteiger partial charge in [0, 0.05) is 30.9 Å². The summed E-state index contributed by atoms with van der Waals surface area (Å²) in [6.07, 6.45) is 4.40. The third-order valence-corrected chi connectivity index (χ3v) is 3.79. The van der Waals surface area contributed by atoms with E-state index in [9.17, 15) is 0 Å². The number of likely N-dealkylation sites (tertiary alicyclic amines) is 1. The van der Waals surface area contributed by atoms with Gasteiger partial charge in [-0.1, -0.05) is 13.0 Å². The zero-order chi connectivity index (χ0) is 13.0. The molecule has 1 saturated heterocycles. The highest BCUT2D eigenvalue weighted by Crippen LogP contribution is 2.18. The van der Waals surface area contributed by atoms with E-state index < -0.39 is 0 Å². The molecule has 0 bridgehead atoms. The second-order valence-electron chi connectivity index (χ2n) is 5.17. The molecular weight excluding hydrogens is 224 g/mol. The smallest absolute Gasteiger partial charge is 0.127 e. The first kappa shape index (κ1) is 13.3. The molecule has 0 radical (unpaired) electrons. The standard InChI is InChI=1S/C14H24N4/c1-3-18-9-5-7-13(18)11-17(2)10-12-6-4-8-16-14(12)15/h4,6,8,13H,3,5,7,9-11H2,1-2H3,(H2,15,16). The van der Waals surface area contributed by atoms with Crippen LogP contribution >= 0.6 is 0 Å². The largest absolute Gasteiger partial charge is 0.383 e. The molecule has 1 aromatic heterocycles. The van der Waals surface area contributed by atoms with Crippen molar-refractivity contribution in [3.8, 4) is 0 Å². The average Bonchev–Trinajstić information content (AvgIpc) is 2.79. The van der Waals surface area contributed by atoms with E-state index in [1.807, 2.05) is 6.07 Å². The Morgan fingerprint density at radius 3 is 3.11 bits per heavy atom. The Bertz CT molecular complexity index is 380. The molecule has 2 N–H and O–H groups in total. The van der Waals surface area contributed by atoms with Gasteiger partial charge >= 0.3 is 0 Å². The molecule has 0 amide bonds. The van der Waals surface area contributed by atoms with Crippen LogP contribution in [0.1, 0.15) is 25.3 Å². The van der Waals surface area contributed by atoms with Gasteiger partial charge in [0.2, 0.25) is 0 Å². The first-order chi connectivity index (χ1) is 8.70. The van der Waals surface area contributed by atoms with Crippen LogP contribution in [0, 0.1) is 0 Å². The first-order valence-electron chi connectivity index (χ1n) is 6.82. The Labute approximate surface area is 110 Å². The molecule has 4 nitrogen and oxygen atoms in total. The SMILES string of the molecule is CCN1CCCC1CN(C)Cc1cccnc1N. The highest BCUT2D eigenvalue weighted by Gasteiger charge is 2.24. The molecule has 1 fully saturated rings. The maximum atomic E-state index is 5.88. The van der Waals surface area contributed by atoms with Crippen LogP contribution in [-0.2, 0) is 6.54 Å². The lowest BCUT2D eigenvalue weighted by atomic mass is 10.2. The number of pyridine rings is 1. The minimum Gasteiger partial charge on any atom is -0.383 e. The molecule has 1 aromatic rings. The number of rotatable bonds is 5. The van der Waals surface area contributed by atoms with E-state index in [1.54, 1.807) is 6.20 Å². The number of anilines is 1. The van der Waals surface area contributed by atoms with Crippen LogP contribution in [0.4, 0.5) is 5.82 Å². The fraction of sp³-hybridized carbons (Fsp3) is 0.643. The van der Waals surface area contributed by atoms with Crippen LogP contribution in [0.5, 0.6) is 0 Å². The Morgan fingerprint density at radius 1 is 1.56 bits per heavy atom. The molecule has 0 spiro atoms. The summed E-state index contributed by atoms with van der Waals surface area (Å²) >= 11 is 0. The normalized spacial score (nSPS) is 20.7. The predicted molar refractivity (Wildman–Crippen MR) is 75.3 cm³/mol. The molecule has 18 heavy (non-hydrogen) atoms. The van der Waals surface area contributed by atoms with Crippen molar-refractivity contribution in [2.45, 2.75) is 32.4 Å². The number of hydrogen-bond acceptors (Lipinski definition) is 4. The van der Waals surface area contributed by atoms with Crippen LogP contribution in [0.3, 0.4) is 0 Å². The minimum absolute atomic E-state index is 0.656. The zero-order valence-electron chi connectivity index (χ0n) is 11.5. The third-order valence-electron chi connectivity index (χ3n) is 3.79. The molecule has 100 valence electrons. The van der Waals surface area contributed by atoms with Crippen LogP contribution in [-0.4, -0.2) is 47.5 Å². The summed E-state index contributed by atoms with van der Waals surface area (Å²) in [5, 5.41) is 0. The van der Waals surface area contributed by atoms with Crippen LogP contribution < -0.4 is 5.73 Å². The Hall–Kier alpha value is -1.13. The van der Waals surface area contributed by atoms with E-state index in [4.69, 9.17) is 5.73 Å². The van der Waals surface area contributed by atoms with E-state index in [1.165, 1.54) is 19.4 Å². The van der Waals surface area contributed by atoms with Crippen molar-refractivity contribution < 1.29 is 0 Å². The number of nitrogens with zero attached hydrogens (tertiary/aromatic N) is 3. The summed E-state index contributed by atoms with van der Waals surface area (Å²) in [6.45, 7) is 6.66. The van der Waals surface area contributed by atoms with Gasteiger partial charge in [-0.2, -0.15) is 0 Å². The summed E-state index contributed by atoms with van der Waals surface area (Å²) in [5.41, 5.74) is 7.01. The van der Waals surface area contributed by atoms with E-state index >= 15 is 0 Å². The second-order valence-corrected chi connectivity index (χ2v) is 5.17. The third kappa shape index (κ3) is 3.21. The van der Waals surface area contributed by atoms with Gasteiger partial charge in [0.25, 0.3) is 0 Å². The molecule has 0 aliphatic carbocycles. The van der Waals surface area contributed by atoms with Crippen LogP contribution in [0.2, 0.25) is 0 Å².